The molecule has 2 heterocycles. The number of carbonyl (C=O) groups excluding carboxylic acids is 2. The minimum Gasteiger partial charge on any atom is -0.382 e. The van der Waals surface area contributed by atoms with Crippen LogP contribution in [-0.2, 0) is 0 Å². The summed E-state index contributed by atoms with van der Waals surface area (Å²) in [6.07, 6.45) is 0.239. The van der Waals surface area contributed by atoms with Gasteiger partial charge in [-0.15, -0.1) is 0 Å². The fourth-order valence-corrected chi connectivity index (χ4v) is 1.85. The van der Waals surface area contributed by atoms with Crippen LogP contribution in [0.15, 0.2) is 12.1 Å². The lowest BCUT2D eigenvalue weighted by Crippen LogP contribution is -2.28. The number of nitrogens with zero attached hydrogens (tertiary/aromatic N) is 5. The first-order valence-electron chi connectivity index (χ1n) is 6.70. The van der Waals surface area contributed by atoms with Crippen LogP contribution in [0.3, 0.4) is 0 Å². The van der Waals surface area contributed by atoms with E-state index in [0.717, 1.165) is 0 Å². The summed E-state index contributed by atoms with van der Waals surface area (Å²) in [5.74, 6) is -0.220. The molecule has 2 aromatic rings. The molecule has 0 fully saturated rings. The van der Waals surface area contributed by atoms with Gasteiger partial charge in [0.2, 0.25) is 0 Å². The Bertz CT molecular complexity index is 756. The van der Waals surface area contributed by atoms with Crippen LogP contribution in [0.2, 0.25) is 0 Å². The Kier molecular flexibility index (Phi) is 4.61. The summed E-state index contributed by atoms with van der Waals surface area (Å²) in [5.41, 5.74) is 5.91. The van der Waals surface area contributed by atoms with E-state index in [1.54, 1.807) is 7.05 Å². The lowest BCUT2D eigenvalue weighted by Gasteiger charge is -2.14. The number of nitrogen functional groups attached to an aromatic ring is 1. The first kappa shape index (κ1) is 16.0. The van der Waals surface area contributed by atoms with Crippen molar-refractivity contribution in [3.63, 3.8) is 0 Å². The number of hydrogen-bond acceptors (Lipinski definition) is 6. The number of hydrogen-bond donors (Lipinski definition) is 3. The van der Waals surface area contributed by atoms with Gasteiger partial charge in [-0.05, 0) is 0 Å². The monoisotopic (exact) mass is 316 g/mol. The third kappa shape index (κ3) is 3.46. The van der Waals surface area contributed by atoms with Crippen LogP contribution in [0.5, 0.6) is 0 Å². The largest absolute Gasteiger partial charge is 0.382 e. The van der Waals surface area contributed by atoms with Crippen molar-refractivity contribution in [1.29, 1.82) is 5.26 Å². The average Bonchev–Trinajstić information content (AvgIpc) is 3.19. The van der Waals surface area contributed by atoms with Crippen molar-refractivity contribution in [2.45, 2.75) is 6.42 Å². The zero-order chi connectivity index (χ0) is 17.0. The smallest absolute Gasteiger partial charge is 0.277 e. The number of aromatic amines is 2. The molecule has 120 valence electrons. The van der Waals surface area contributed by atoms with Gasteiger partial charge in [0.1, 0.15) is 17.2 Å². The Morgan fingerprint density at radius 1 is 1.22 bits per heavy atom. The summed E-state index contributed by atoms with van der Waals surface area (Å²) in [4.78, 5) is 27.0. The molecule has 0 aliphatic carbocycles. The topological polar surface area (TPSA) is 148 Å². The molecule has 10 nitrogen and oxygen atoms in total. The maximum Gasteiger partial charge on any atom is 0.277 e. The Balaban J connectivity index is 2.10. The zero-order valence-corrected chi connectivity index (χ0v) is 12.7. The first-order valence-corrected chi connectivity index (χ1v) is 6.70. The lowest BCUT2D eigenvalue weighted by atomic mass is 10.3. The molecule has 0 saturated carbocycles. The fourth-order valence-electron chi connectivity index (χ4n) is 1.85. The molecular formula is C13H16N8O2. The van der Waals surface area contributed by atoms with Crippen LogP contribution in [0.4, 0.5) is 11.6 Å². The number of aromatic nitrogens is 4. The van der Waals surface area contributed by atoms with Gasteiger partial charge in [0.05, 0.1) is 12.5 Å². The van der Waals surface area contributed by atoms with Gasteiger partial charge in [0.25, 0.3) is 11.8 Å². The molecule has 23 heavy (non-hydrogen) atoms. The molecule has 2 amide bonds. The molecule has 4 N–H and O–H groups in total. The molecule has 0 unspecified atom stereocenters. The number of carbonyl (C=O) groups is 2. The molecule has 0 spiro atoms. The lowest BCUT2D eigenvalue weighted by molar-refractivity contribution is 0.0792. The summed E-state index contributed by atoms with van der Waals surface area (Å²) >= 11 is 0. The number of H-pyrrole nitrogens is 2. The van der Waals surface area contributed by atoms with Crippen LogP contribution in [-0.4, -0.2) is 57.7 Å². The van der Waals surface area contributed by atoms with Crippen LogP contribution >= 0.6 is 0 Å². The van der Waals surface area contributed by atoms with E-state index < -0.39 is 5.91 Å². The van der Waals surface area contributed by atoms with E-state index in [9.17, 15) is 9.59 Å². The second kappa shape index (κ2) is 6.61. The molecule has 10 heteroatoms. The SMILES string of the molecule is CN(CCC#N)C(=O)c1cc(N(C)C(=O)c2cc(N)n[nH]2)n[nH]1. The van der Waals surface area contributed by atoms with Gasteiger partial charge in [0, 0.05) is 32.8 Å². The minimum atomic E-state index is -0.391. The highest BCUT2D eigenvalue weighted by Crippen LogP contribution is 2.15. The molecule has 0 atom stereocenters. The molecule has 0 aliphatic rings. The molecule has 0 radical (unpaired) electrons. The van der Waals surface area contributed by atoms with Crippen molar-refractivity contribution in [3.05, 3.63) is 23.5 Å². The maximum atomic E-state index is 12.2. The summed E-state index contributed by atoms with van der Waals surface area (Å²) in [5, 5.41) is 21.3. The first-order chi connectivity index (χ1) is 10.9. The number of rotatable bonds is 5. The van der Waals surface area contributed by atoms with Crippen molar-refractivity contribution in [2.75, 3.05) is 31.3 Å². The highest BCUT2D eigenvalue weighted by atomic mass is 16.2. The van der Waals surface area contributed by atoms with Gasteiger partial charge in [-0.2, -0.15) is 15.5 Å². The van der Waals surface area contributed by atoms with E-state index in [2.05, 4.69) is 20.4 Å². The number of nitrogens with one attached hydrogen (secondary N) is 2. The Labute approximate surface area is 131 Å². The number of nitriles is 1. The summed E-state index contributed by atoms with van der Waals surface area (Å²) in [7, 11) is 3.10. The normalized spacial score (nSPS) is 10.1. The van der Waals surface area contributed by atoms with Gasteiger partial charge >= 0.3 is 0 Å². The van der Waals surface area contributed by atoms with Crippen molar-refractivity contribution in [2.24, 2.45) is 0 Å². The van der Waals surface area contributed by atoms with Gasteiger partial charge in [0.15, 0.2) is 5.82 Å². The zero-order valence-electron chi connectivity index (χ0n) is 12.7. The van der Waals surface area contributed by atoms with Crippen molar-refractivity contribution >= 4 is 23.5 Å². The molecule has 0 aliphatic heterocycles. The molecular weight excluding hydrogens is 300 g/mol. The predicted octanol–water partition coefficient (Wildman–Crippen LogP) is -0.0227. The molecule has 0 bridgehead atoms. The van der Waals surface area contributed by atoms with E-state index in [4.69, 9.17) is 11.0 Å². The van der Waals surface area contributed by atoms with Gasteiger partial charge in [-0.25, -0.2) is 0 Å². The van der Waals surface area contributed by atoms with Crippen LogP contribution < -0.4 is 10.6 Å². The van der Waals surface area contributed by atoms with Gasteiger partial charge in [-0.1, -0.05) is 0 Å². The Morgan fingerprint density at radius 3 is 2.48 bits per heavy atom. The second-order valence-corrected chi connectivity index (χ2v) is 4.85. The minimum absolute atomic E-state index is 0.207. The molecule has 2 rings (SSSR count). The predicted molar refractivity (Wildman–Crippen MR) is 81.5 cm³/mol. The van der Waals surface area contributed by atoms with E-state index >= 15 is 0 Å². The third-order valence-corrected chi connectivity index (χ3v) is 3.18. The van der Waals surface area contributed by atoms with Crippen molar-refractivity contribution < 1.29 is 9.59 Å². The number of nitrogens with two attached hydrogens (primary N) is 1. The third-order valence-electron chi connectivity index (χ3n) is 3.18. The number of anilines is 2. The van der Waals surface area contributed by atoms with Crippen molar-refractivity contribution in [1.82, 2.24) is 25.3 Å². The van der Waals surface area contributed by atoms with Crippen LogP contribution in [0, 0.1) is 11.3 Å². The number of amides is 2. The van der Waals surface area contributed by atoms with Crippen LogP contribution in [0.25, 0.3) is 0 Å². The van der Waals surface area contributed by atoms with E-state index in [1.807, 2.05) is 6.07 Å². The molecule has 2 aromatic heterocycles. The quantitative estimate of drug-likeness (QED) is 0.706. The van der Waals surface area contributed by atoms with Gasteiger partial charge in [-0.3, -0.25) is 24.7 Å². The van der Waals surface area contributed by atoms with E-state index in [0.29, 0.717) is 6.54 Å². The van der Waals surface area contributed by atoms with E-state index in [-0.39, 0.29) is 35.4 Å². The van der Waals surface area contributed by atoms with Crippen LogP contribution in [0.1, 0.15) is 27.4 Å². The summed E-state index contributed by atoms with van der Waals surface area (Å²) < 4.78 is 0. The highest BCUT2D eigenvalue weighted by Gasteiger charge is 2.21. The highest BCUT2D eigenvalue weighted by molar-refractivity contribution is 6.04. The Hall–Kier alpha value is -3.35. The van der Waals surface area contributed by atoms with Gasteiger partial charge < -0.3 is 10.6 Å². The second-order valence-electron chi connectivity index (χ2n) is 4.85. The standard InChI is InChI=1S/C13H16N8O2/c1-20(5-3-4-14)12(22)9-7-11(19-17-9)21(2)13(23)8-6-10(15)18-16-8/h6-7H,3,5H2,1-2H3,(H,17,19)(H3,15,16,18). The van der Waals surface area contributed by atoms with Crippen molar-refractivity contribution in [3.8, 4) is 6.07 Å². The Morgan fingerprint density at radius 2 is 1.87 bits per heavy atom. The maximum absolute atomic E-state index is 12.2. The van der Waals surface area contributed by atoms with E-state index in [1.165, 1.54) is 29.0 Å². The average molecular weight is 316 g/mol. The molecule has 0 aromatic carbocycles. The fraction of sp³-hybridized carbons (Fsp3) is 0.308. The summed E-state index contributed by atoms with van der Waals surface area (Å²) in [6, 6.07) is 4.84. The summed E-state index contributed by atoms with van der Waals surface area (Å²) in [6.45, 7) is 0.311. The molecule has 0 saturated heterocycles.